The molecule has 1 fully saturated rings. The predicted octanol–water partition coefficient (Wildman–Crippen LogP) is 1.47. The zero-order valence-electron chi connectivity index (χ0n) is 11.5. The molecule has 1 rings (SSSR count). The van der Waals surface area contributed by atoms with Gasteiger partial charge < -0.3 is 14.7 Å². The summed E-state index contributed by atoms with van der Waals surface area (Å²) in [6.45, 7) is 2.20. The number of rotatable bonds is 8. The maximum Gasteiger partial charge on any atom is 0.303 e. The monoisotopic (exact) mass is 289 g/mol. The van der Waals surface area contributed by atoms with E-state index in [2.05, 4.69) is 0 Å². The summed E-state index contributed by atoms with van der Waals surface area (Å²) < 4.78 is 4.94. The molecule has 6 heteroatoms. The fraction of sp³-hybridized carbons (Fsp3) is 0.846. The van der Waals surface area contributed by atoms with Gasteiger partial charge in [0.2, 0.25) is 5.91 Å². The molecule has 110 valence electrons. The van der Waals surface area contributed by atoms with Gasteiger partial charge in [-0.1, -0.05) is 0 Å². The molecule has 19 heavy (non-hydrogen) atoms. The molecule has 1 aliphatic rings. The van der Waals surface area contributed by atoms with E-state index in [4.69, 9.17) is 9.84 Å². The van der Waals surface area contributed by atoms with E-state index >= 15 is 0 Å². The van der Waals surface area contributed by atoms with Crippen molar-refractivity contribution in [1.82, 2.24) is 4.90 Å². The third-order valence-corrected chi connectivity index (χ3v) is 4.20. The summed E-state index contributed by atoms with van der Waals surface area (Å²) >= 11 is 1.59. The van der Waals surface area contributed by atoms with Crippen LogP contribution in [-0.2, 0) is 14.3 Å². The van der Waals surface area contributed by atoms with E-state index in [0.29, 0.717) is 24.7 Å². The highest BCUT2D eigenvalue weighted by Crippen LogP contribution is 2.21. The van der Waals surface area contributed by atoms with Crippen LogP contribution >= 0.6 is 11.8 Å². The van der Waals surface area contributed by atoms with Crippen molar-refractivity contribution in [2.45, 2.75) is 25.7 Å². The lowest BCUT2D eigenvalue weighted by Gasteiger charge is -2.32. The minimum atomic E-state index is -0.751. The van der Waals surface area contributed by atoms with Crippen LogP contribution in [0.1, 0.15) is 25.7 Å². The standard InChI is InChI=1S/C13H23NO4S/c1-18-7-8-19-10-12(15)14-6-2-3-11(9-14)4-5-13(16)17/h11H,2-10H2,1H3,(H,16,17). The van der Waals surface area contributed by atoms with Crippen LogP contribution in [0.3, 0.4) is 0 Å². The third-order valence-electron chi connectivity index (χ3n) is 3.30. The Balaban J connectivity index is 2.24. The highest BCUT2D eigenvalue weighted by molar-refractivity contribution is 7.99. The fourth-order valence-electron chi connectivity index (χ4n) is 2.25. The highest BCUT2D eigenvalue weighted by Gasteiger charge is 2.23. The lowest BCUT2D eigenvalue weighted by atomic mass is 9.93. The number of nitrogens with zero attached hydrogens (tertiary/aromatic N) is 1. The van der Waals surface area contributed by atoms with Crippen molar-refractivity contribution < 1.29 is 19.4 Å². The number of ether oxygens (including phenoxy) is 1. The summed E-state index contributed by atoms with van der Waals surface area (Å²) in [5, 5.41) is 8.69. The van der Waals surface area contributed by atoms with Gasteiger partial charge in [-0.15, -0.1) is 11.8 Å². The molecule has 1 aliphatic heterocycles. The van der Waals surface area contributed by atoms with Gasteiger partial charge in [0.05, 0.1) is 12.4 Å². The number of methoxy groups -OCH3 is 1. The molecule has 0 radical (unpaired) electrons. The van der Waals surface area contributed by atoms with E-state index in [9.17, 15) is 9.59 Å². The van der Waals surface area contributed by atoms with E-state index in [1.54, 1.807) is 18.9 Å². The Bertz CT molecular complexity index is 298. The number of carbonyl (C=O) groups excluding carboxylic acids is 1. The Morgan fingerprint density at radius 1 is 1.47 bits per heavy atom. The lowest BCUT2D eigenvalue weighted by Crippen LogP contribution is -2.41. The molecule has 1 N–H and O–H groups in total. The summed E-state index contributed by atoms with van der Waals surface area (Å²) in [4.78, 5) is 24.4. The number of thioether (sulfide) groups is 1. The Morgan fingerprint density at radius 2 is 2.26 bits per heavy atom. The molecule has 1 saturated heterocycles. The number of carboxylic acid groups (broad SMARTS) is 1. The minimum Gasteiger partial charge on any atom is -0.481 e. The maximum atomic E-state index is 12.0. The van der Waals surface area contributed by atoms with E-state index in [0.717, 1.165) is 31.7 Å². The largest absolute Gasteiger partial charge is 0.481 e. The lowest BCUT2D eigenvalue weighted by molar-refractivity contribution is -0.137. The highest BCUT2D eigenvalue weighted by atomic mass is 32.2. The van der Waals surface area contributed by atoms with Crippen LogP contribution in [0.25, 0.3) is 0 Å². The van der Waals surface area contributed by atoms with Gasteiger partial charge in [0, 0.05) is 32.4 Å². The first-order chi connectivity index (χ1) is 9.13. The Labute approximate surface area is 118 Å². The van der Waals surface area contributed by atoms with E-state index in [1.807, 2.05) is 4.90 Å². The second-order valence-corrected chi connectivity index (χ2v) is 5.93. The van der Waals surface area contributed by atoms with Crippen LogP contribution in [0.4, 0.5) is 0 Å². The number of amides is 1. The normalized spacial score (nSPS) is 19.4. The predicted molar refractivity (Wildman–Crippen MR) is 75.4 cm³/mol. The Kier molecular flexibility index (Phi) is 7.90. The molecule has 1 heterocycles. The van der Waals surface area contributed by atoms with Gasteiger partial charge in [0.1, 0.15) is 0 Å². The van der Waals surface area contributed by atoms with E-state index in [-0.39, 0.29) is 12.3 Å². The molecule has 0 aromatic rings. The number of likely N-dealkylation sites (tertiary alicyclic amines) is 1. The average Bonchev–Trinajstić information content (AvgIpc) is 2.41. The van der Waals surface area contributed by atoms with Gasteiger partial charge in [0.15, 0.2) is 0 Å². The van der Waals surface area contributed by atoms with Gasteiger partial charge in [0.25, 0.3) is 0 Å². The first-order valence-corrected chi connectivity index (χ1v) is 7.85. The van der Waals surface area contributed by atoms with Crippen molar-refractivity contribution in [2.75, 3.05) is 38.3 Å². The Morgan fingerprint density at radius 3 is 2.95 bits per heavy atom. The zero-order chi connectivity index (χ0) is 14.1. The smallest absolute Gasteiger partial charge is 0.303 e. The van der Waals surface area contributed by atoms with Crippen molar-refractivity contribution >= 4 is 23.6 Å². The molecular weight excluding hydrogens is 266 g/mol. The van der Waals surface area contributed by atoms with Crippen LogP contribution in [0.2, 0.25) is 0 Å². The van der Waals surface area contributed by atoms with Crippen LogP contribution in [-0.4, -0.2) is 60.2 Å². The van der Waals surface area contributed by atoms with Crippen molar-refractivity contribution in [2.24, 2.45) is 5.92 Å². The van der Waals surface area contributed by atoms with Gasteiger partial charge in [-0.05, 0) is 25.2 Å². The summed E-state index contributed by atoms with van der Waals surface area (Å²) in [5.74, 6) is 1.09. The molecular formula is C13H23NO4S. The summed E-state index contributed by atoms with van der Waals surface area (Å²) in [5.41, 5.74) is 0. The van der Waals surface area contributed by atoms with Gasteiger partial charge in [-0.25, -0.2) is 0 Å². The fourth-order valence-corrected chi connectivity index (χ4v) is 3.03. The summed E-state index contributed by atoms with van der Waals surface area (Å²) in [7, 11) is 1.65. The Hall–Kier alpha value is -0.750. The zero-order valence-corrected chi connectivity index (χ0v) is 12.3. The second kappa shape index (κ2) is 9.20. The minimum absolute atomic E-state index is 0.168. The van der Waals surface area contributed by atoms with Crippen LogP contribution in [0, 0.1) is 5.92 Å². The molecule has 1 unspecified atom stereocenters. The molecule has 1 atom stereocenters. The topological polar surface area (TPSA) is 66.8 Å². The van der Waals surface area contributed by atoms with Gasteiger partial charge in [-0.3, -0.25) is 9.59 Å². The van der Waals surface area contributed by atoms with Crippen molar-refractivity contribution in [3.05, 3.63) is 0 Å². The number of carboxylic acids is 1. The third kappa shape index (κ3) is 6.82. The molecule has 5 nitrogen and oxygen atoms in total. The van der Waals surface area contributed by atoms with Gasteiger partial charge >= 0.3 is 5.97 Å². The molecule has 0 aliphatic carbocycles. The average molecular weight is 289 g/mol. The van der Waals surface area contributed by atoms with Crippen molar-refractivity contribution in [3.8, 4) is 0 Å². The number of carbonyl (C=O) groups is 2. The SMILES string of the molecule is COCCSCC(=O)N1CCCC(CCC(=O)O)C1. The number of piperidine rings is 1. The van der Waals surface area contributed by atoms with Gasteiger partial charge in [-0.2, -0.15) is 0 Å². The number of hydrogen-bond donors (Lipinski definition) is 1. The molecule has 1 amide bonds. The quantitative estimate of drug-likeness (QED) is 0.685. The first kappa shape index (κ1) is 16.3. The molecule has 0 spiro atoms. The first-order valence-electron chi connectivity index (χ1n) is 6.69. The maximum absolute atomic E-state index is 12.0. The molecule has 0 aromatic heterocycles. The summed E-state index contributed by atoms with van der Waals surface area (Å²) in [6, 6.07) is 0. The summed E-state index contributed by atoms with van der Waals surface area (Å²) in [6.07, 6.45) is 2.90. The number of aliphatic carboxylic acids is 1. The molecule has 0 saturated carbocycles. The molecule has 0 bridgehead atoms. The van der Waals surface area contributed by atoms with Crippen molar-refractivity contribution in [1.29, 1.82) is 0 Å². The van der Waals surface area contributed by atoms with E-state index < -0.39 is 5.97 Å². The second-order valence-electron chi connectivity index (χ2n) is 4.83. The van der Waals surface area contributed by atoms with Crippen molar-refractivity contribution in [3.63, 3.8) is 0 Å². The van der Waals surface area contributed by atoms with Crippen LogP contribution < -0.4 is 0 Å². The molecule has 0 aromatic carbocycles. The van der Waals surface area contributed by atoms with Crippen LogP contribution in [0.5, 0.6) is 0 Å². The number of hydrogen-bond acceptors (Lipinski definition) is 4. The van der Waals surface area contributed by atoms with E-state index in [1.165, 1.54) is 0 Å². The van der Waals surface area contributed by atoms with Crippen LogP contribution in [0.15, 0.2) is 0 Å².